The van der Waals surface area contributed by atoms with E-state index >= 15 is 0 Å². The van der Waals surface area contributed by atoms with Crippen LogP contribution in [-0.2, 0) is 22.6 Å². The third-order valence-corrected chi connectivity index (χ3v) is 4.19. The van der Waals surface area contributed by atoms with Gasteiger partial charge >= 0.3 is 0 Å². The molecule has 1 aliphatic rings. The van der Waals surface area contributed by atoms with E-state index in [-0.39, 0.29) is 18.2 Å². The number of hydrogen-bond donors (Lipinski definition) is 2. The molecule has 2 aromatic carbocycles. The van der Waals surface area contributed by atoms with Crippen LogP contribution in [-0.4, -0.2) is 29.3 Å². The lowest BCUT2D eigenvalue weighted by molar-refractivity contribution is -0.132. The van der Waals surface area contributed by atoms with E-state index < -0.39 is 6.04 Å². The first-order chi connectivity index (χ1) is 11.6. The van der Waals surface area contributed by atoms with Crippen LogP contribution in [0.25, 0.3) is 0 Å². The van der Waals surface area contributed by atoms with Gasteiger partial charge in [0.2, 0.25) is 11.8 Å². The highest BCUT2D eigenvalue weighted by molar-refractivity contribution is 5.89. The van der Waals surface area contributed by atoms with Crippen LogP contribution in [0.15, 0.2) is 54.6 Å². The maximum absolute atomic E-state index is 12.4. The quantitative estimate of drug-likeness (QED) is 0.823. The van der Waals surface area contributed by atoms with Crippen molar-refractivity contribution in [2.45, 2.75) is 25.4 Å². The Hall–Kier alpha value is -2.82. The highest BCUT2D eigenvalue weighted by Gasteiger charge is 2.32. The van der Waals surface area contributed by atoms with E-state index in [0.29, 0.717) is 25.2 Å². The number of anilines is 1. The molecule has 1 saturated heterocycles. The fraction of sp³-hybridized carbons (Fsp3) is 0.263. The Labute approximate surface area is 141 Å². The van der Waals surface area contributed by atoms with Crippen molar-refractivity contribution in [2.75, 3.05) is 12.3 Å². The summed E-state index contributed by atoms with van der Waals surface area (Å²) < 4.78 is 0. The van der Waals surface area contributed by atoms with Crippen LogP contribution >= 0.6 is 0 Å². The summed E-state index contributed by atoms with van der Waals surface area (Å²) in [4.78, 5) is 26.4. The third-order valence-electron chi connectivity index (χ3n) is 4.19. The molecule has 2 amide bonds. The number of benzene rings is 2. The van der Waals surface area contributed by atoms with Gasteiger partial charge in [-0.05, 0) is 29.7 Å². The number of carbonyl (C=O) groups excluding carboxylic acids is 2. The van der Waals surface area contributed by atoms with E-state index in [1.165, 1.54) is 0 Å². The molecule has 1 aliphatic heterocycles. The number of amides is 2. The molecule has 0 radical (unpaired) electrons. The fourth-order valence-corrected chi connectivity index (χ4v) is 2.90. The van der Waals surface area contributed by atoms with Gasteiger partial charge in [-0.1, -0.05) is 42.5 Å². The van der Waals surface area contributed by atoms with Gasteiger partial charge in [0, 0.05) is 18.8 Å². The van der Waals surface area contributed by atoms with Crippen molar-refractivity contribution in [3.8, 4) is 0 Å². The Morgan fingerprint density at radius 2 is 1.79 bits per heavy atom. The molecule has 0 aromatic heterocycles. The minimum atomic E-state index is -0.421. The summed E-state index contributed by atoms with van der Waals surface area (Å²) in [5.74, 6) is -0.149. The van der Waals surface area contributed by atoms with E-state index in [9.17, 15) is 9.59 Å². The van der Waals surface area contributed by atoms with Gasteiger partial charge in [-0.25, -0.2) is 0 Å². The van der Waals surface area contributed by atoms with Crippen LogP contribution in [0.1, 0.15) is 17.5 Å². The van der Waals surface area contributed by atoms with Gasteiger partial charge in [0.1, 0.15) is 6.04 Å². The van der Waals surface area contributed by atoms with Gasteiger partial charge in [-0.15, -0.1) is 0 Å². The van der Waals surface area contributed by atoms with Crippen LogP contribution in [0.2, 0.25) is 0 Å². The molecule has 2 aromatic rings. The Balaban J connectivity index is 1.53. The van der Waals surface area contributed by atoms with Crippen LogP contribution in [0, 0.1) is 0 Å². The van der Waals surface area contributed by atoms with Crippen molar-refractivity contribution in [1.29, 1.82) is 0 Å². The number of nitrogens with two attached hydrogens (primary N) is 1. The van der Waals surface area contributed by atoms with E-state index in [1.807, 2.05) is 42.5 Å². The number of nitrogen functional groups attached to an aromatic ring is 1. The van der Waals surface area contributed by atoms with E-state index in [1.54, 1.807) is 17.0 Å². The molecule has 0 spiro atoms. The van der Waals surface area contributed by atoms with Gasteiger partial charge in [0.15, 0.2) is 0 Å². The monoisotopic (exact) mass is 323 g/mol. The zero-order chi connectivity index (χ0) is 16.9. The second-order valence-electron chi connectivity index (χ2n) is 6.07. The Bertz CT molecular complexity index is 713. The molecule has 0 saturated carbocycles. The second-order valence-corrected chi connectivity index (χ2v) is 6.07. The largest absolute Gasteiger partial charge is 0.399 e. The lowest BCUT2D eigenvalue weighted by Crippen LogP contribution is -2.41. The normalized spacial score (nSPS) is 17.1. The molecule has 0 aliphatic carbocycles. The molecular formula is C19H21N3O2. The minimum absolute atomic E-state index is 0.00971. The maximum Gasteiger partial charge on any atom is 0.245 e. The molecule has 1 heterocycles. The van der Waals surface area contributed by atoms with Crippen molar-refractivity contribution in [3.05, 3.63) is 65.7 Å². The molecule has 124 valence electrons. The summed E-state index contributed by atoms with van der Waals surface area (Å²) in [7, 11) is 0. The van der Waals surface area contributed by atoms with Crippen LogP contribution < -0.4 is 11.1 Å². The molecule has 3 N–H and O–H groups in total. The lowest BCUT2D eigenvalue weighted by atomic mass is 10.1. The van der Waals surface area contributed by atoms with Crippen molar-refractivity contribution < 1.29 is 9.59 Å². The molecular weight excluding hydrogens is 302 g/mol. The maximum atomic E-state index is 12.4. The van der Waals surface area contributed by atoms with Crippen molar-refractivity contribution >= 4 is 17.5 Å². The van der Waals surface area contributed by atoms with Gasteiger partial charge in [0.05, 0.1) is 6.42 Å². The lowest BCUT2D eigenvalue weighted by Gasteiger charge is -2.17. The summed E-state index contributed by atoms with van der Waals surface area (Å²) in [6.45, 7) is 1.25. The number of hydrogen-bond acceptors (Lipinski definition) is 3. The highest BCUT2D eigenvalue weighted by Crippen LogP contribution is 2.15. The first-order valence-corrected chi connectivity index (χ1v) is 8.08. The van der Waals surface area contributed by atoms with E-state index in [0.717, 1.165) is 11.1 Å². The molecule has 24 heavy (non-hydrogen) atoms. The molecule has 1 atom stereocenters. The SMILES string of the molecule is Nc1ccc(CC(=O)NC2CCN(Cc3ccccc3)C2=O)cc1. The topological polar surface area (TPSA) is 75.4 Å². The van der Waals surface area contributed by atoms with Crippen LogP contribution in [0.3, 0.4) is 0 Å². The summed E-state index contributed by atoms with van der Waals surface area (Å²) in [5, 5.41) is 2.85. The number of carbonyl (C=O) groups is 2. The summed E-state index contributed by atoms with van der Waals surface area (Å²) in [6.07, 6.45) is 0.905. The molecule has 1 fully saturated rings. The number of nitrogens with one attached hydrogen (secondary N) is 1. The number of nitrogens with zero attached hydrogens (tertiary/aromatic N) is 1. The average Bonchev–Trinajstić information content (AvgIpc) is 2.91. The second kappa shape index (κ2) is 7.17. The zero-order valence-electron chi connectivity index (χ0n) is 13.4. The van der Waals surface area contributed by atoms with Gasteiger partial charge in [0.25, 0.3) is 0 Å². The first-order valence-electron chi connectivity index (χ1n) is 8.08. The Morgan fingerprint density at radius 1 is 1.08 bits per heavy atom. The van der Waals surface area contributed by atoms with E-state index in [2.05, 4.69) is 5.32 Å². The first kappa shape index (κ1) is 16.1. The van der Waals surface area contributed by atoms with Crippen LogP contribution in [0.5, 0.6) is 0 Å². The third kappa shape index (κ3) is 3.93. The summed E-state index contributed by atoms with van der Waals surface area (Å²) in [5.41, 5.74) is 8.28. The molecule has 1 unspecified atom stereocenters. The average molecular weight is 323 g/mol. The number of likely N-dealkylation sites (tertiary alicyclic amines) is 1. The minimum Gasteiger partial charge on any atom is -0.399 e. The van der Waals surface area contributed by atoms with E-state index in [4.69, 9.17) is 5.73 Å². The molecule has 0 bridgehead atoms. The molecule has 5 nitrogen and oxygen atoms in total. The van der Waals surface area contributed by atoms with Gasteiger partial charge in [-0.3, -0.25) is 9.59 Å². The van der Waals surface area contributed by atoms with Gasteiger partial charge < -0.3 is 16.0 Å². The molecule has 3 rings (SSSR count). The predicted octanol–water partition coefficient (Wildman–Crippen LogP) is 1.73. The van der Waals surface area contributed by atoms with Crippen LogP contribution in [0.4, 0.5) is 5.69 Å². The van der Waals surface area contributed by atoms with Crippen molar-refractivity contribution in [1.82, 2.24) is 10.2 Å². The summed E-state index contributed by atoms with van der Waals surface area (Å²) in [6, 6.07) is 16.6. The Kier molecular flexibility index (Phi) is 4.79. The number of rotatable bonds is 5. The van der Waals surface area contributed by atoms with Gasteiger partial charge in [-0.2, -0.15) is 0 Å². The smallest absolute Gasteiger partial charge is 0.245 e. The van der Waals surface area contributed by atoms with Crippen molar-refractivity contribution in [3.63, 3.8) is 0 Å². The zero-order valence-corrected chi connectivity index (χ0v) is 13.4. The Morgan fingerprint density at radius 3 is 2.50 bits per heavy atom. The fourth-order valence-electron chi connectivity index (χ4n) is 2.90. The predicted molar refractivity (Wildman–Crippen MR) is 93.0 cm³/mol. The summed E-state index contributed by atoms with van der Waals surface area (Å²) >= 11 is 0. The molecule has 5 heteroatoms. The van der Waals surface area contributed by atoms with Crippen molar-refractivity contribution in [2.24, 2.45) is 0 Å². The standard InChI is InChI=1S/C19H21N3O2/c20-16-8-6-14(7-9-16)12-18(23)21-17-10-11-22(19(17)24)13-15-4-2-1-3-5-15/h1-9,17H,10-13,20H2,(H,21,23). The highest BCUT2D eigenvalue weighted by atomic mass is 16.2.